The number of rotatable bonds is 4. The summed E-state index contributed by atoms with van der Waals surface area (Å²) in [6, 6.07) is 2.65. The molecule has 0 aliphatic heterocycles. The first-order valence-corrected chi connectivity index (χ1v) is 6.42. The molecule has 1 aromatic carbocycles. The molecule has 1 rings (SSSR count). The molecule has 0 radical (unpaired) electrons. The number of amides is 3. The van der Waals surface area contributed by atoms with Gasteiger partial charge in [-0.05, 0) is 49.6 Å². The Kier molecular flexibility index (Phi) is 5.57. The number of ether oxygens (including phenoxy) is 1. The number of halogens is 2. The van der Waals surface area contributed by atoms with Crippen molar-refractivity contribution in [2.45, 2.75) is 6.54 Å². The molecule has 0 spiro atoms. The van der Waals surface area contributed by atoms with Crippen LogP contribution >= 0.6 is 31.9 Å². The molecule has 0 saturated heterocycles. The summed E-state index contributed by atoms with van der Waals surface area (Å²) in [7, 11) is 0. The summed E-state index contributed by atoms with van der Waals surface area (Å²) in [6.45, 7) is 0.0712. The molecule has 0 heterocycles. The average Bonchev–Trinajstić information content (AvgIpc) is 2.26. The lowest BCUT2D eigenvalue weighted by molar-refractivity contribution is -0.121. The number of hydrogen-bond donors (Lipinski definition) is 3. The summed E-state index contributed by atoms with van der Waals surface area (Å²) in [5, 5.41) is 1.90. The van der Waals surface area contributed by atoms with E-state index in [9.17, 15) is 9.59 Å². The molecule has 3 amide bonds. The Morgan fingerprint density at radius 2 is 1.83 bits per heavy atom. The quantitative estimate of drug-likeness (QED) is 0.730. The van der Waals surface area contributed by atoms with E-state index >= 15 is 0 Å². The molecule has 0 aliphatic rings. The maximum absolute atomic E-state index is 11.2. The topological polar surface area (TPSA) is 107 Å². The van der Waals surface area contributed by atoms with E-state index in [1.165, 1.54) is 0 Å². The third-order valence-electron chi connectivity index (χ3n) is 1.90. The van der Waals surface area contributed by atoms with Crippen LogP contribution in [0.1, 0.15) is 5.56 Å². The molecular weight excluding hydrogens is 370 g/mol. The number of benzene rings is 1. The molecule has 0 bridgehead atoms. The fourth-order valence-electron chi connectivity index (χ4n) is 1.18. The third kappa shape index (κ3) is 4.28. The number of nitrogens with one attached hydrogen (secondary N) is 1. The largest absolute Gasteiger partial charge is 0.481 e. The molecule has 0 fully saturated rings. The van der Waals surface area contributed by atoms with E-state index < -0.39 is 11.9 Å². The van der Waals surface area contributed by atoms with Crippen molar-refractivity contribution in [1.82, 2.24) is 5.32 Å². The van der Waals surface area contributed by atoms with E-state index in [1.807, 2.05) is 5.32 Å². The summed E-state index contributed by atoms with van der Waals surface area (Å²) in [4.78, 5) is 21.6. The van der Waals surface area contributed by atoms with Crippen molar-refractivity contribution >= 4 is 43.8 Å². The lowest BCUT2D eigenvalue weighted by Crippen LogP contribution is -2.38. The van der Waals surface area contributed by atoms with E-state index in [1.54, 1.807) is 12.1 Å². The number of nitrogens with two attached hydrogens (primary N) is 2. The van der Waals surface area contributed by atoms with Gasteiger partial charge in [-0.3, -0.25) is 10.1 Å². The number of imide groups is 1. The molecule has 0 aliphatic carbocycles. The van der Waals surface area contributed by atoms with Crippen molar-refractivity contribution in [3.63, 3.8) is 0 Å². The second-order valence-corrected chi connectivity index (χ2v) is 5.00. The summed E-state index contributed by atoms with van der Waals surface area (Å²) < 4.78 is 6.59. The molecule has 5 N–H and O–H groups in total. The zero-order valence-corrected chi connectivity index (χ0v) is 12.4. The minimum atomic E-state index is -0.916. The van der Waals surface area contributed by atoms with Gasteiger partial charge in [0, 0.05) is 6.54 Å². The standard InChI is InChI=1S/C10H11Br2N3O3/c11-6-1-5(3-13)2-7(12)9(6)18-4-8(16)15-10(14)17/h1-2H,3-4,13H2,(H3,14,15,16,17). The summed E-state index contributed by atoms with van der Waals surface area (Å²) in [6.07, 6.45) is 0. The Hall–Kier alpha value is -1.12. The minimum absolute atomic E-state index is 0.317. The van der Waals surface area contributed by atoms with E-state index in [-0.39, 0.29) is 6.61 Å². The normalized spacial score (nSPS) is 9.94. The summed E-state index contributed by atoms with van der Waals surface area (Å²) in [5.74, 6) is -0.170. The zero-order chi connectivity index (χ0) is 13.7. The van der Waals surface area contributed by atoms with Crippen molar-refractivity contribution in [2.24, 2.45) is 11.5 Å². The summed E-state index contributed by atoms with van der Waals surface area (Å²) >= 11 is 6.61. The molecule has 8 heteroatoms. The van der Waals surface area contributed by atoms with Gasteiger partial charge in [-0.25, -0.2) is 4.79 Å². The molecule has 6 nitrogen and oxygen atoms in total. The van der Waals surface area contributed by atoms with Gasteiger partial charge in [-0.2, -0.15) is 0 Å². The molecule has 1 aromatic rings. The number of primary amides is 1. The zero-order valence-electron chi connectivity index (χ0n) is 9.20. The Balaban J connectivity index is 2.73. The molecule has 0 aromatic heterocycles. The first-order chi connectivity index (χ1) is 8.43. The Labute approximate surface area is 120 Å². The van der Waals surface area contributed by atoms with E-state index in [0.29, 0.717) is 21.2 Å². The number of carbonyl (C=O) groups excluding carboxylic acids is 2. The highest BCUT2D eigenvalue weighted by Crippen LogP contribution is 2.34. The van der Waals surface area contributed by atoms with Crippen LogP contribution in [0.3, 0.4) is 0 Å². The van der Waals surface area contributed by atoms with Crippen LogP contribution in [0.15, 0.2) is 21.1 Å². The second-order valence-electron chi connectivity index (χ2n) is 3.29. The first-order valence-electron chi connectivity index (χ1n) is 4.84. The van der Waals surface area contributed by atoms with Crippen LogP contribution < -0.4 is 21.5 Å². The predicted molar refractivity (Wildman–Crippen MR) is 73.0 cm³/mol. The smallest absolute Gasteiger partial charge is 0.318 e. The maximum atomic E-state index is 11.2. The van der Waals surface area contributed by atoms with E-state index in [2.05, 4.69) is 31.9 Å². The lowest BCUT2D eigenvalue weighted by Gasteiger charge is -2.11. The Bertz CT molecular complexity index is 456. The van der Waals surface area contributed by atoms with E-state index in [0.717, 1.165) is 5.56 Å². The van der Waals surface area contributed by atoms with Crippen molar-refractivity contribution in [1.29, 1.82) is 0 Å². The first kappa shape index (κ1) is 14.9. The molecule has 0 atom stereocenters. The molecule has 18 heavy (non-hydrogen) atoms. The highest BCUT2D eigenvalue weighted by atomic mass is 79.9. The number of hydrogen-bond acceptors (Lipinski definition) is 4. The Morgan fingerprint density at radius 3 is 2.28 bits per heavy atom. The fraction of sp³-hybridized carbons (Fsp3) is 0.200. The SMILES string of the molecule is NCc1cc(Br)c(OCC(=O)NC(N)=O)c(Br)c1. The van der Waals surface area contributed by atoms with Crippen molar-refractivity contribution in [2.75, 3.05) is 6.61 Å². The van der Waals surface area contributed by atoms with Crippen LogP contribution in [-0.2, 0) is 11.3 Å². The monoisotopic (exact) mass is 379 g/mol. The maximum Gasteiger partial charge on any atom is 0.318 e. The van der Waals surface area contributed by atoms with Crippen LogP contribution in [0, 0.1) is 0 Å². The Morgan fingerprint density at radius 1 is 1.28 bits per heavy atom. The highest BCUT2D eigenvalue weighted by molar-refractivity contribution is 9.11. The second kappa shape index (κ2) is 6.72. The molecular formula is C10H11Br2N3O3. The van der Waals surface area contributed by atoms with Gasteiger partial charge in [0.2, 0.25) is 0 Å². The van der Waals surface area contributed by atoms with Crippen LogP contribution in [0.25, 0.3) is 0 Å². The van der Waals surface area contributed by atoms with Crippen LogP contribution in [-0.4, -0.2) is 18.5 Å². The van der Waals surface area contributed by atoms with Gasteiger partial charge in [0.1, 0.15) is 5.75 Å². The van der Waals surface area contributed by atoms with Gasteiger partial charge in [0.25, 0.3) is 5.91 Å². The van der Waals surface area contributed by atoms with Crippen LogP contribution in [0.5, 0.6) is 5.75 Å². The van der Waals surface area contributed by atoms with Crippen LogP contribution in [0.4, 0.5) is 4.79 Å². The van der Waals surface area contributed by atoms with Gasteiger partial charge in [0.05, 0.1) is 8.95 Å². The van der Waals surface area contributed by atoms with Crippen molar-refractivity contribution in [3.8, 4) is 5.75 Å². The van der Waals surface area contributed by atoms with Crippen molar-refractivity contribution in [3.05, 3.63) is 26.6 Å². The highest BCUT2D eigenvalue weighted by Gasteiger charge is 2.11. The van der Waals surface area contributed by atoms with Gasteiger partial charge in [-0.15, -0.1) is 0 Å². The lowest BCUT2D eigenvalue weighted by atomic mass is 10.2. The predicted octanol–water partition coefficient (Wildman–Crippen LogP) is 1.24. The van der Waals surface area contributed by atoms with Gasteiger partial charge in [-0.1, -0.05) is 0 Å². The average molecular weight is 381 g/mol. The molecule has 0 saturated carbocycles. The van der Waals surface area contributed by atoms with Gasteiger partial charge >= 0.3 is 6.03 Å². The van der Waals surface area contributed by atoms with Gasteiger partial charge < -0.3 is 16.2 Å². The van der Waals surface area contributed by atoms with Crippen LogP contribution in [0.2, 0.25) is 0 Å². The summed E-state index contributed by atoms with van der Waals surface area (Å²) in [5.41, 5.74) is 11.2. The van der Waals surface area contributed by atoms with Gasteiger partial charge in [0.15, 0.2) is 6.61 Å². The molecule has 0 unspecified atom stereocenters. The van der Waals surface area contributed by atoms with Crippen molar-refractivity contribution < 1.29 is 14.3 Å². The third-order valence-corrected chi connectivity index (χ3v) is 3.08. The number of carbonyl (C=O) groups is 2. The minimum Gasteiger partial charge on any atom is -0.481 e. The number of urea groups is 1. The molecule has 98 valence electrons. The van der Waals surface area contributed by atoms with E-state index in [4.69, 9.17) is 16.2 Å². The fourth-order valence-corrected chi connectivity index (χ4v) is 2.69.